The summed E-state index contributed by atoms with van der Waals surface area (Å²) in [6, 6.07) is 6.92. The molecule has 2 N–H and O–H groups in total. The Balaban J connectivity index is 1.78. The van der Waals surface area contributed by atoms with E-state index in [0.717, 1.165) is 16.1 Å². The van der Waals surface area contributed by atoms with Gasteiger partial charge in [0.1, 0.15) is 12.1 Å². The maximum Gasteiger partial charge on any atom is 0.245 e. The molecule has 6 nitrogen and oxygen atoms in total. The molecule has 0 saturated carbocycles. The van der Waals surface area contributed by atoms with Crippen LogP contribution in [0.2, 0.25) is 0 Å². The van der Waals surface area contributed by atoms with Crippen molar-refractivity contribution in [2.75, 3.05) is 6.54 Å². The van der Waals surface area contributed by atoms with Crippen molar-refractivity contribution in [1.82, 2.24) is 9.88 Å². The van der Waals surface area contributed by atoms with Crippen molar-refractivity contribution in [3.8, 4) is 6.07 Å². The summed E-state index contributed by atoms with van der Waals surface area (Å²) in [6.45, 7) is 0.396. The molecule has 0 aromatic carbocycles. The minimum absolute atomic E-state index is 0.123. The number of fused-ring (bicyclic) bond motifs is 1. The number of nitriles is 1. The fourth-order valence-corrected chi connectivity index (χ4v) is 4.12. The van der Waals surface area contributed by atoms with Gasteiger partial charge in [0, 0.05) is 35.1 Å². The molecule has 3 rings (SSSR count). The summed E-state index contributed by atoms with van der Waals surface area (Å²) >= 11 is 1.32. The summed E-state index contributed by atoms with van der Waals surface area (Å²) in [7, 11) is 0. The number of amides is 2. The first-order valence-electron chi connectivity index (χ1n) is 7.61. The lowest BCUT2D eigenvalue weighted by Gasteiger charge is -2.33. The fraction of sp³-hybridized carbons (Fsp3) is 0.294. The van der Waals surface area contributed by atoms with Crippen LogP contribution in [0.5, 0.6) is 0 Å². The van der Waals surface area contributed by atoms with Gasteiger partial charge in [-0.15, -0.1) is 11.3 Å². The number of nitrogens with two attached hydrogens (primary N) is 1. The van der Waals surface area contributed by atoms with Crippen LogP contribution in [0.4, 0.5) is 0 Å². The highest BCUT2D eigenvalue weighted by Gasteiger charge is 2.36. The zero-order valence-electron chi connectivity index (χ0n) is 12.9. The van der Waals surface area contributed by atoms with Gasteiger partial charge in [-0.05, 0) is 30.5 Å². The van der Waals surface area contributed by atoms with Gasteiger partial charge >= 0.3 is 0 Å². The predicted molar refractivity (Wildman–Crippen MR) is 88.9 cm³/mol. The van der Waals surface area contributed by atoms with Crippen LogP contribution in [0.1, 0.15) is 34.2 Å². The standard InChI is InChI=1S/C17H16N4O2S/c18-9-11-10-24-16-13(11)6-8-21(15(16)17(19)23)14(22)5-4-12-3-1-2-7-20-12/h1-3,7,10,15H,4-6,8H2,(H2,19,23). The number of hydrogen-bond acceptors (Lipinski definition) is 5. The molecular formula is C17H16N4O2S. The number of hydrogen-bond donors (Lipinski definition) is 1. The second-order valence-electron chi connectivity index (χ2n) is 5.57. The topological polar surface area (TPSA) is 100 Å². The van der Waals surface area contributed by atoms with E-state index in [1.54, 1.807) is 11.6 Å². The zero-order chi connectivity index (χ0) is 17.1. The van der Waals surface area contributed by atoms with Gasteiger partial charge in [0.25, 0.3) is 0 Å². The van der Waals surface area contributed by atoms with E-state index < -0.39 is 11.9 Å². The van der Waals surface area contributed by atoms with E-state index in [0.29, 0.717) is 24.9 Å². The quantitative estimate of drug-likeness (QED) is 0.912. The van der Waals surface area contributed by atoms with E-state index in [1.165, 1.54) is 16.2 Å². The van der Waals surface area contributed by atoms with Gasteiger partial charge in [-0.3, -0.25) is 14.6 Å². The van der Waals surface area contributed by atoms with Gasteiger partial charge in [-0.2, -0.15) is 5.26 Å². The molecule has 2 aromatic heterocycles. The lowest BCUT2D eigenvalue weighted by Crippen LogP contribution is -2.45. The summed E-state index contributed by atoms with van der Waals surface area (Å²) in [5.41, 5.74) is 7.80. The summed E-state index contributed by atoms with van der Waals surface area (Å²) in [5.74, 6) is -0.685. The number of rotatable bonds is 4. The van der Waals surface area contributed by atoms with Crippen LogP contribution in [0.25, 0.3) is 0 Å². The molecular weight excluding hydrogens is 324 g/mol. The lowest BCUT2D eigenvalue weighted by molar-refractivity contribution is -0.140. The number of aryl methyl sites for hydroxylation is 1. The minimum Gasteiger partial charge on any atom is -0.368 e. The van der Waals surface area contributed by atoms with Crippen molar-refractivity contribution >= 4 is 23.2 Å². The van der Waals surface area contributed by atoms with Crippen LogP contribution in [-0.2, 0) is 22.4 Å². The van der Waals surface area contributed by atoms with Crippen LogP contribution in [-0.4, -0.2) is 28.2 Å². The number of pyridine rings is 1. The highest BCUT2D eigenvalue weighted by Crippen LogP contribution is 2.36. The van der Waals surface area contributed by atoms with Crippen molar-refractivity contribution in [2.45, 2.75) is 25.3 Å². The number of carbonyl (C=O) groups is 2. The Morgan fingerprint density at radius 1 is 1.46 bits per heavy atom. The van der Waals surface area contributed by atoms with Crippen LogP contribution >= 0.6 is 11.3 Å². The molecule has 3 heterocycles. The third-order valence-corrected chi connectivity index (χ3v) is 5.20. The first kappa shape index (κ1) is 16.1. The van der Waals surface area contributed by atoms with Gasteiger partial charge in [0.2, 0.25) is 11.8 Å². The molecule has 0 bridgehead atoms. The Labute approximate surface area is 143 Å². The van der Waals surface area contributed by atoms with E-state index in [4.69, 9.17) is 11.0 Å². The second-order valence-corrected chi connectivity index (χ2v) is 6.48. The SMILES string of the molecule is N#Cc1csc2c1CCN(C(=O)CCc1ccccn1)C2C(N)=O. The van der Waals surface area contributed by atoms with Crippen LogP contribution in [0, 0.1) is 11.3 Å². The Bertz CT molecular complexity index is 810. The van der Waals surface area contributed by atoms with E-state index in [9.17, 15) is 9.59 Å². The monoisotopic (exact) mass is 340 g/mol. The van der Waals surface area contributed by atoms with Crippen LogP contribution < -0.4 is 5.73 Å². The molecule has 1 atom stereocenters. The predicted octanol–water partition coefficient (Wildman–Crippen LogP) is 1.56. The normalized spacial score (nSPS) is 16.3. The number of thiophene rings is 1. The maximum atomic E-state index is 12.6. The molecule has 0 radical (unpaired) electrons. The third kappa shape index (κ3) is 3.01. The average Bonchev–Trinajstić information content (AvgIpc) is 3.02. The van der Waals surface area contributed by atoms with Gasteiger partial charge in [0.15, 0.2) is 0 Å². The smallest absolute Gasteiger partial charge is 0.245 e. The first-order chi connectivity index (χ1) is 11.6. The molecule has 7 heteroatoms. The van der Waals surface area contributed by atoms with Crippen molar-refractivity contribution < 1.29 is 9.59 Å². The molecule has 1 aliphatic heterocycles. The molecule has 0 fully saturated rings. The molecule has 2 amide bonds. The number of aromatic nitrogens is 1. The van der Waals surface area contributed by atoms with E-state index in [1.807, 2.05) is 18.2 Å². The molecule has 0 spiro atoms. The Morgan fingerprint density at radius 2 is 2.29 bits per heavy atom. The molecule has 1 aliphatic rings. The Morgan fingerprint density at radius 3 is 2.96 bits per heavy atom. The number of carbonyl (C=O) groups excluding carboxylic acids is 2. The van der Waals surface area contributed by atoms with Crippen molar-refractivity contribution in [3.63, 3.8) is 0 Å². The molecule has 24 heavy (non-hydrogen) atoms. The van der Waals surface area contributed by atoms with Crippen LogP contribution in [0.3, 0.4) is 0 Å². The van der Waals surface area contributed by atoms with Gasteiger partial charge in [-0.25, -0.2) is 0 Å². The van der Waals surface area contributed by atoms with E-state index >= 15 is 0 Å². The summed E-state index contributed by atoms with van der Waals surface area (Å²) in [6.07, 6.45) is 3.05. The average molecular weight is 340 g/mol. The van der Waals surface area contributed by atoms with Gasteiger partial charge < -0.3 is 10.6 Å². The summed E-state index contributed by atoms with van der Waals surface area (Å²) in [4.78, 5) is 31.0. The zero-order valence-corrected chi connectivity index (χ0v) is 13.8. The van der Waals surface area contributed by atoms with E-state index in [2.05, 4.69) is 11.1 Å². The minimum atomic E-state index is -0.780. The van der Waals surface area contributed by atoms with Crippen LogP contribution in [0.15, 0.2) is 29.8 Å². The largest absolute Gasteiger partial charge is 0.368 e. The summed E-state index contributed by atoms with van der Waals surface area (Å²) < 4.78 is 0. The van der Waals surface area contributed by atoms with Gasteiger partial charge in [-0.1, -0.05) is 6.07 Å². The summed E-state index contributed by atoms with van der Waals surface area (Å²) in [5, 5.41) is 10.9. The Kier molecular flexibility index (Phi) is 4.58. The number of nitrogens with zero attached hydrogens (tertiary/aromatic N) is 3. The highest BCUT2D eigenvalue weighted by atomic mass is 32.1. The second kappa shape index (κ2) is 6.81. The van der Waals surface area contributed by atoms with Crippen molar-refractivity contribution in [3.05, 3.63) is 51.5 Å². The van der Waals surface area contributed by atoms with Crippen molar-refractivity contribution in [1.29, 1.82) is 5.26 Å². The molecule has 122 valence electrons. The molecule has 0 saturated heterocycles. The highest BCUT2D eigenvalue weighted by molar-refractivity contribution is 7.10. The molecule has 2 aromatic rings. The van der Waals surface area contributed by atoms with E-state index in [-0.39, 0.29) is 12.3 Å². The van der Waals surface area contributed by atoms with Gasteiger partial charge in [0.05, 0.1) is 5.56 Å². The maximum absolute atomic E-state index is 12.6. The molecule has 1 unspecified atom stereocenters. The fourth-order valence-electron chi connectivity index (χ4n) is 2.96. The third-order valence-electron chi connectivity index (χ3n) is 4.12. The Hall–Kier alpha value is -2.72. The van der Waals surface area contributed by atoms with Crippen molar-refractivity contribution in [2.24, 2.45) is 5.73 Å². The first-order valence-corrected chi connectivity index (χ1v) is 8.49. The molecule has 0 aliphatic carbocycles. The lowest BCUT2D eigenvalue weighted by atomic mass is 9.97. The number of primary amides is 1.